The van der Waals surface area contributed by atoms with Gasteiger partial charge in [0.25, 0.3) is 0 Å². The number of hydrogen-bond donors (Lipinski definition) is 0. The summed E-state index contributed by atoms with van der Waals surface area (Å²) in [6.45, 7) is 6.14. The first-order valence-corrected chi connectivity index (χ1v) is 6.77. The average Bonchev–Trinajstić information content (AvgIpc) is 2.37. The Kier molecular flexibility index (Phi) is 2.89. The normalized spacial score (nSPS) is 16.9. The molecule has 0 aromatic carbocycles. The molecule has 3 rings (SSSR count). The third-order valence-corrected chi connectivity index (χ3v) is 3.62. The van der Waals surface area contributed by atoms with Gasteiger partial charge >= 0.3 is 0 Å². The standard InChI is InChI=1S/C16H17N3O/c1-10-4-5-11(8-17-10)15-18-9-12-13(19-15)6-16(2,3)7-14(12)20/h4-5,8-9H,6-7H2,1-3H3. The van der Waals surface area contributed by atoms with Gasteiger partial charge < -0.3 is 0 Å². The molecule has 0 N–H and O–H groups in total. The maximum atomic E-state index is 12.1. The molecular formula is C16H17N3O. The van der Waals surface area contributed by atoms with Gasteiger partial charge in [-0.2, -0.15) is 0 Å². The second-order valence-corrected chi connectivity index (χ2v) is 6.18. The van der Waals surface area contributed by atoms with Crippen molar-refractivity contribution in [3.05, 3.63) is 41.5 Å². The van der Waals surface area contributed by atoms with Crippen molar-refractivity contribution in [2.24, 2.45) is 5.41 Å². The number of aromatic nitrogens is 3. The molecule has 0 radical (unpaired) electrons. The molecule has 2 aromatic heterocycles. The summed E-state index contributed by atoms with van der Waals surface area (Å²) >= 11 is 0. The minimum Gasteiger partial charge on any atom is -0.294 e. The van der Waals surface area contributed by atoms with E-state index in [0.29, 0.717) is 17.8 Å². The number of nitrogens with zero attached hydrogens (tertiary/aromatic N) is 3. The first-order chi connectivity index (χ1) is 9.44. The van der Waals surface area contributed by atoms with Gasteiger partial charge in [-0.15, -0.1) is 0 Å². The lowest BCUT2D eigenvalue weighted by Gasteiger charge is -2.29. The number of rotatable bonds is 1. The Morgan fingerprint density at radius 3 is 2.60 bits per heavy atom. The van der Waals surface area contributed by atoms with Gasteiger partial charge in [0.15, 0.2) is 11.6 Å². The summed E-state index contributed by atoms with van der Waals surface area (Å²) in [4.78, 5) is 25.3. The average molecular weight is 267 g/mol. The van der Waals surface area contributed by atoms with E-state index in [9.17, 15) is 4.79 Å². The summed E-state index contributed by atoms with van der Waals surface area (Å²) < 4.78 is 0. The molecule has 0 fully saturated rings. The number of aryl methyl sites for hydroxylation is 1. The van der Waals surface area contributed by atoms with Crippen LogP contribution >= 0.6 is 0 Å². The molecule has 0 spiro atoms. The Morgan fingerprint density at radius 2 is 1.90 bits per heavy atom. The number of carbonyl (C=O) groups excluding carboxylic acids is 1. The van der Waals surface area contributed by atoms with E-state index in [1.165, 1.54) is 0 Å². The molecule has 0 unspecified atom stereocenters. The molecule has 0 atom stereocenters. The second kappa shape index (κ2) is 4.47. The van der Waals surface area contributed by atoms with Crippen molar-refractivity contribution < 1.29 is 4.79 Å². The lowest BCUT2D eigenvalue weighted by atomic mass is 9.76. The lowest BCUT2D eigenvalue weighted by Crippen LogP contribution is -2.28. The summed E-state index contributed by atoms with van der Waals surface area (Å²) in [5, 5.41) is 0. The van der Waals surface area contributed by atoms with E-state index in [-0.39, 0.29) is 11.2 Å². The van der Waals surface area contributed by atoms with Crippen molar-refractivity contribution in [3.8, 4) is 11.4 Å². The highest BCUT2D eigenvalue weighted by molar-refractivity contribution is 5.98. The van der Waals surface area contributed by atoms with Gasteiger partial charge in [0.05, 0.1) is 11.3 Å². The minimum atomic E-state index is -0.0266. The SMILES string of the molecule is Cc1ccc(-c2ncc3c(n2)CC(C)(C)CC3=O)cn1. The Balaban J connectivity index is 2.05. The third kappa shape index (κ3) is 2.33. The maximum absolute atomic E-state index is 12.1. The van der Waals surface area contributed by atoms with E-state index < -0.39 is 0 Å². The van der Waals surface area contributed by atoms with Crippen LogP contribution in [0.3, 0.4) is 0 Å². The van der Waals surface area contributed by atoms with Crippen LogP contribution in [0.2, 0.25) is 0 Å². The van der Waals surface area contributed by atoms with Gasteiger partial charge in [0, 0.05) is 30.1 Å². The monoisotopic (exact) mass is 267 g/mol. The number of hydrogen-bond acceptors (Lipinski definition) is 4. The third-order valence-electron chi connectivity index (χ3n) is 3.62. The zero-order chi connectivity index (χ0) is 14.3. The Bertz CT molecular complexity index is 675. The van der Waals surface area contributed by atoms with Crippen LogP contribution in [0.1, 0.15) is 42.0 Å². The van der Waals surface area contributed by atoms with Crippen LogP contribution in [-0.2, 0) is 6.42 Å². The molecule has 102 valence electrons. The minimum absolute atomic E-state index is 0.0266. The van der Waals surface area contributed by atoms with Crippen LogP contribution in [0.4, 0.5) is 0 Å². The van der Waals surface area contributed by atoms with E-state index in [4.69, 9.17) is 0 Å². The maximum Gasteiger partial charge on any atom is 0.166 e. The van der Waals surface area contributed by atoms with E-state index in [2.05, 4.69) is 28.8 Å². The molecule has 2 heterocycles. The van der Waals surface area contributed by atoms with Gasteiger partial charge in [-0.25, -0.2) is 9.97 Å². The van der Waals surface area contributed by atoms with Crippen LogP contribution in [0, 0.1) is 12.3 Å². The van der Waals surface area contributed by atoms with Gasteiger partial charge in [-0.05, 0) is 30.9 Å². The molecule has 0 amide bonds. The molecule has 0 bridgehead atoms. The fraction of sp³-hybridized carbons (Fsp3) is 0.375. The van der Waals surface area contributed by atoms with Crippen LogP contribution in [0.15, 0.2) is 24.5 Å². The molecule has 1 aliphatic rings. The largest absolute Gasteiger partial charge is 0.294 e. The fourth-order valence-electron chi connectivity index (χ4n) is 2.57. The van der Waals surface area contributed by atoms with Crippen molar-refractivity contribution in [3.63, 3.8) is 0 Å². The fourth-order valence-corrected chi connectivity index (χ4v) is 2.57. The molecule has 20 heavy (non-hydrogen) atoms. The Morgan fingerprint density at radius 1 is 1.10 bits per heavy atom. The summed E-state index contributed by atoms with van der Waals surface area (Å²) in [6, 6.07) is 3.90. The molecule has 4 heteroatoms. The van der Waals surface area contributed by atoms with E-state index in [0.717, 1.165) is 23.4 Å². The van der Waals surface area contributed by atoms with Crippen molar-refractivity contribution in [1.29, 1.82) is 0 Å². The van der Waals surface area contributed by atoms with Crippen LogP contribution in [0.25, 0.3) is 11.4 Å². The molecule has 4 nitrogen and oxygen atoms in total. The second-order valence-electron chi connectivity index (χ2n) is 6.18. The van der Waals surface area contributed by atoms with Crippen LogP contribution in [0.5, 0.6) is 0 Å². The number of ketones is 1. The molecule has 2 aromatic rings. The number of Topliss-reactive ketones (excluding diaryl/α,β-unsaturated/α-hetero) is 1. The molecule has 1 aliphatic carbocycles. The van der Waals surface area contributed by atoms with Gasteiger partial charge in [-0.1, -0.05) is 13.8 Å². The zero-order valence-corrected chi connectivity index (χ0v) is 12.0. The van der Waals surface area contributed by atoms with E-state index in [1.54, 1.807) is 12.4 Å². The molecule has 0 saturated heterocycles. The molecule has 0 saturated carbocycles. The Hall–Kier alpha value is -2.10. The molecule has 0 aliphatic heterocycles. The predicted octanol–water partition coefficient (Wildman–Crippen LogP) is 3.00. The predicted molar refractivity (Wildman–Crippen MR) is 76.4 cm³/mol. The first kappa shape index (κ1) is 12.9. The summed E-state index contributed by atoms with van der Waals surface area (Å²) in [5.74, 6) is 0.784. The Labute approximate surface area is 118 Å². The van der Waals surface area contributed by atoms with Crippen molar-refractivity contribution in [1.82, 2.24) is 15.0 Å². The topological polar surface area (TPSA) is 55.7 Å². The smallest absolute Gasteiger partial charge is 0.166 e. The highest BCUT2D eigenvalue weighted by atomic mass is 16.1. The van der Waals surface area contributed by atoms with Crippen molar-refractivity contribution in [2.45, 2.75) is 33.6 Å². The first-order valence-electron chi connectivity index (χ1n) is 6.77. The lowest BCUT2D eigenvalue weighted by molar-refractivity contribution is 0.0910. The van der Waals surface area contributed by atoms with Gasteiger partial charge in [-0.3, -0.25) is 9.78 Å². The summed E-state index contributed by atoms with van der Waals surface area (Å²) in [5.41, 5.74) is 3.35. The zero-order valence-electron chi connectivity index (χ0n) is 12.0. The molecular weight excluding hydrogens is 250 g/mol. The van der Waals surface area contributed by atoms with Crippen LogP contribution in [-0.4, -0.2) is 20.7 Å². The van der Waals surface area contributed by atoms with Crippen molar-refractivity contribution in [2.75, 3.05) is 0 Å². The van der Waals surface area contributed by atoms with E-state index >= 15 is 0 Å². The quantitative estimate of drug-likeness (QED) is 0.797. The number of fused-ring (bicyclic) bond motifs is 1. The summed E-state index contributed by atoms with van der Waals surface area (Å²) in [7, 11) is 0. The highest BCUT2D eigenvalue weighted by Crippen LogP contribution is 2.34. The highest BCUT2D eigenvalue weighted by Gasteiger charge is 2.32. The van der Waals surface area contributed by atoms with Gasteiger partial charge in [0.1, 0.15) is 0 Å². The number of pyridine rings is 1. The van der Waals surface area contributed by atoms with Crippen molar-refractivity contribution >= 4 is 5.78 Å². The number of carbonyl (C=O) groups is 1. The van der Waals surface area contributed by atoms with Gasteiger partial charge in [0.2, 0.25) is 0 Å². The summed E-state index contributed by atoms with van der Waals surface area (Å²) in [6.07, 6.45) is 4.81. The van der Waals surface area contributed by atoms with E-state index in [1.807, 2.05) is 19.1 Å². The van der Waals surface area contributed by atoms with Crippen LogP contribution < -0.4 is 0 Å².